The number of thiophene rings is 1. The van der Waals surface area contributed by atoms with Crippen molar-refractivity contribution in [3.63, 3.8) is 0 Å². The van der Waals surface area contributed by atoms with Crippen LogP contribution in [0.4, 0.5) is 10.7 Å². The molecule has 0 atom stereocenters. The average molecular weight is 425 g/mol. The van der Waals surface area contributed by atoms with Gasteiger partial charge in [0.05, 0.1) is 10.5 Å². The van der Waals surface area contributed by atoms with Crippen molar-refractivity contribution in [1.29, 1.82) is 0 Å². The highest BCUT2D eigenvalue weighted by Crippen LogP contribution is 2.37. The van der Waals surface area contributed by atoms with Crippen LogP contribution < -0.4 is 11.1 Å². The number of hydrogen-bond acceptors (Lipinski definition) is 6. The largest absolute Gasteiger partial charge is 0.451 e. The Balaban J connectivity index is 1.59. The van der Waals surface area contributed by atoms with Crippen molar-refractivity contribution in [3.8, 4) is 11.3 Å². The van der Waals surface area contributed by atoms with Gasteiger partial charge in [-0.15, -0.1) is 11.3 Å². The molecule has 9 heteroatoms. The number of rotatable bonds is 5. The monoisotopic (exact) mass is 425 g/mol. The van der Waals surface area contributed by atoms with Gasteiger partial charge < -0.3 is 15.5 Å². The molecule has 1 aliphatic rings. The van der Waals surface area contributed by atoms with Crippen LogP contribution >= 0.6 is 11.3 Å². The number of fused-ring (bicyclic) bond motifs is 1. The lowest BCUT2D eigenvalue weighted by Crippen LogP contribution is -2.17. The van der Waals surface area contributed by atoms with Crippen molar-refractivity contribution in [2.45, 2.75) is 32.1 Å². The number of nitro benzene ring substituents is 1. The summed E-state index contributed by atoms with van der Waals surface area (Å²) in [4.78, 5) is 36.4. The Morgan fingerprint density at radius 3 is 2.70 bits per heavy atom. The second-order valence-electron chi connectivity index (χ2n) is 7.06. The minimum atomic E-state index is -0.554. The number of aryl methyl sites for hydroxylation is 1. The summed E-state index contributed by atoms with van der Waals surface area (Å²) in [6, 6.07) is 9.04. The molecule has 0 radical (unpaired) electrons. The van der Waals surface area contributed by atoms with E-state index in [-0.39, 0.29) is 11.4 Å². The van der Waals surface area contributed by atoms with E-state index < -0.39 is 16.7 Å². The molecule has 1 aromatic carbocycles. The van der Waals surface area contributed by atoms with Crippen LogP contribution in [0.25, 0.3) is 11.3 Å². The molecule has 0 saturated heterocycles. The molecule has 1 aliphatic carbocycles. The van der Waals surface area contributed by atoms with E-state index in [0.717, 1.165) is 42.5 Å². The average Bonchev–Trinajstić information content (AvgIpc) is 3.27. The van der Waals surface area contributed by atoms with E-state index in [0.29, 0.717) is 21.9 Å². The standard InChI is InChI=1S/C21H19N3O5S/c22-19(25)18-14-7-2-1-3-8-17(14)30-21(18)23-20(26)16-10-9-15(29-16)12-5-4-6-13(11-12)24(27)28/h4-6,9-11H,1-3,7-8H2,(H2,22,25)(H,23,26). The molecule has 0 aliphatic heterocycles. The number of amides is 2. The first kappa shape index (κ1) is 19.8. The number of non-ortho nitro benzene ring substituents is 1. The van der Waals surface area contributed by atoms with Crippen LogP contribution in [0.15, 0.2) is 40.8 Å². The second kappa shape index (κ2) is 8.11. The lowest BCUT2D eigenvalue weighted by Gasteiger charge is -2.05. The summed E-state index contributed by atoms with van der Waals surface area (Å²) in [6.07, 6.45) is 4.78. The summed E-state index contributed by atoms with van der Waals surface area (Å²) in [5.74, 6) is -0.691. The molecule has 2 amide bonds. The van der Waals surface area contributed by atoms with Crippen molar-refractivity contribution in [3.05, 3.63) is 68.3 Å². The highest BCUT2D eigenvalue weighted by atomic mass is 32.1. The van der Waals surface area contributed by atoms with Gasteiger partial charge in [0.15, 0.2) is 5.76 Å². The zero-order valence-corrected chi connectivity index (χ0v) is 16.8. The number of hydrogen-bond donors (Lipinski definition) is 2. The number of primary amides is 1. The smallest absolute Gasteiger partial charge is 0.292 e. The fraction of sp³-hybridized carbons (Fsp3) is 0.238. The summed E-state index contributed by atoms with van der Waals surface area (Å²) < 4.78 is 5.61. The number of anilines is 1. The van der Waals surface area contributed by atoms with E-state index in [1.807, 2.05) is 0 Å². The minimum Gasteiger partial charge on any atom is -0.451 e. The van der Waals surface area contributed by atoms with Crippen LogP contribution in [-0.2, 0) is 12.8 Å². The zero-order valence-electron chi connectivity index (χ0n) is 16.0. The van der Waals surface area contributed by atoms with Gasteiger partial charge in [-0.2, -0.15) is 0 Å². The van der Waals surface area contributed by atoms with Gasteiger partial charge >= 0.3 is 0 Å². The van der Waals surface area contributed by atoms with Gasteiger partial charge in [0.1, 0.15) is 10.8 Å². The Morgan fingerprint density at radius 1 is 1.13 bits per heavy atom. The third kappa shape index (κ3) is 3.84. The molecule has 2 aromatic heterocycles. The van der Waals surface area contributed by atoms with Gasteiger partial charge in [0.25, 0.3) is 17.5 Å². The van der Waals surface area contributed by atoms with Crippen LogP contribution in [0.5, 0.6) is 0 Å². The maximum absolute atomic E-state index is 12.7. The van der Waals surface area contributed by atoms with Crippen molar-refractivity contribution < 1.29 is 18.9 Å². The molecule has 30 heavy (non-hydrogen) atoms. The number of furan rings is 1. The normalized spacial score (nSPS) is 13.3. The molecule has 0 bridgehead atoms. The van der Waals surface area contributed by atoms with Crippen LogP contribution in [0.3, 0.4) is 0 Å². The van der Waals surface area contributed by atoms with Gasteiger partial charge in [0.2, 0.25) is 0 Å². The molecule has 3 aromatic rings. The van der Waals surface area contributed by atoms with Crippen LogP contribution in [0, 0.1) is 10.1 Å². The van der Waals surface area contributed by atoms with Crippen LogP contribution in [-0.4, -0.2) is 16.7 Å². The van der Waals surface area contributed by atoms with Crippen molar-refractivity contribution in [2.24, 2.45) is 5.73 Å². The predicted molar refractivity (Wildman–Crippen MR) is 113 cm³/mol. The SMILES string of the molecule is NC(=O)c1c(NC(=O)c2ccc(-c3cccc([N+](=O)[O-])c3)o2)sc2c1CCCCC2. The van der Waals surface area contributed by atoms with Gasteiger partial charge in [-0.25, -0.2) is 0 Å². The molecule has 8 nitrogen and oxygen atoms in total. The zero-order chi connectivity index (χ0) is 21.3. The number of nitro groups is 1. The fourth-order valence-corrected chi connectivity index (χ4v) is 4.93. The van der Waals surface area contributed by atoms with E-state index in [4.69, 9.17) is 10.2 Å². The van der Waals surface area contributed by atoms with Crippen molar-refractivity contribution in [1.82, 2.24) is 0 Å². The molecule has 3 N–H and O–H groups in total. The Labute approximate surface area is 175 Å². The van der Waals surface area contributed by atoms with Gasteiger partial charge in [0, 0.05) is 22.6 Å². The minimum absolute atomic E-state index is 0.0375. The quantitative estimate of drug-likeness (QED) is 0.352. The van der Waals surface area contributed by atoms with Crippen LogP contribution in [0.2, 0.25) is 0 Å². The van der Waals surface area contributed by atoms with E-state index in [9.17, 15) is 19.7 Å². The fourth-order valence-electron chi connectivity index (χ4n) is 3.64. The first-order valence-electron chi connectivity index (χ1n) is 9.54. The Morgan fingerprint density at radius 2 is 1.93 bits per heavy atom. The van der Waals surface area contributed by atoms with Gasteiger partial charge in [-0.3, -0.25) is 19.7 Å². The summed E-state index contributed by atoms with van der Waals surface area (Å²) in [7, 11) is 0. The maximum atomic E-state index is 12.7. The van der Waals surface area contributed by atoms with Crippen molar-refractivity contribution >= 4 is 33.8 Å². The third-order valence-electron chi connectivity index (χ3n) is 5.07. The number of carbonyl (C=O) groups is 2. The first-order chi connectivity index (χ1) is 14.4. The molecule has 154 valence electrons. The topological polar surface area (TPSA) is 128 Å². The Bertz CT molecular complexity index is 1150. The maximum Gasteiger partial charge on any atom is 0.292 e. The summed E-state index contributed by atoms with van der Waals surface area (Å²) in [6.45, 7) is 0. The number of nitrogens with two attached hydrogens (primary N) is 1. The van der Waals surface area contributed by atoms with Gasteiger partial charge in [-0.05, 0) is 43.4 Å². The summed E-state index contributed by atoms with van der Waals surface area (Å²) >= 11 is 1.39. The van der Waals surface area contributed by atoms with E-state index >= 15 is 0 Å². The number of benzene rings is 1. The molecule has 4 rings (SSSR count). The van der Waals surface area contributed by atoms with Crippen LogP contribution in [0.1, 0.15) is 50.6 Å². The highest BCUT2D eigenvalue weighted by Gasteiger charge is 2.25. The Kier molecular flexibility index (Phi) is 5.37. The number of carbonyl (C=O) groups excluding carboxylic acids is 2. The molecular formula is C21H19N3O5S. The summed E-state index contributed by atoms with van der Waals surface area (Å²) in [5.41, 5.74) is 7.35. The van der Waals surface area contributed by atoms with E-state index in [1.165, 1.54) is 29.5 Å². The lowest BCUT2D eigenvalue weighted by molar-refractivity contribution is -0.384. The Hall–Kier alpha value is -3.46. The van der Waals surface area contributed by atoms with Crippen molar-refractivity contribution in [2.75, 3.05) is 5.32 Å². The number of nitrogens with zero attached hydrogens (tertiary/aromatic N) is 1. The van der Waals surface area contributed by atoms with Gasteiger partial charge in [-0.1, -0.05) is 18.6 Å². The van der Waals surface area contributed by atoms with E-state index in [2.05, 4.69) is 5.32 Å². The molecule has 0 saturated carbocycles. The molecule has 0 unspecified atom stereocenters. The predicted octanol–water partition coefficient (Wildman–Crippen LogP) is 4.54. The first-order valence-corrected chi connectivity index (χ1v) is 10.4. The molecule has 0 spiro atoms. The third-order valence-corrected chi connectivity index (χ3v) is 6.27. The molecular weight excluding hydrogens is 406 g/mol. The van der Waals surface area contributed by atoms with E-state index in [1.54, 1.807) is 18.2 Å². The molecule has 0 fully saturated rings. The summed E-state index contributed by atoms with van der Waals surface area (Å²) in [5, 5.41) is 14.2. The highest BCUT2D eigenvalue weighted by molar-refractivity contribution is 7.17. The second-order valence-corrected chi connectivity index (χ2v) is 8.16. The lowest BCUT2D eigenvalue weighted by atomic mass is 10.1. The number of nitrogens with one attached hydrogen (secondary N) is 1. The molecule has 2 heterocycles.